The molecule has 3 heteroatoms. The Kier molecular flexibility index (Phi) is 2.14. The Morgan fingerprint density at radius 3 is 2.57 bits per heavy atom. The lowest BCUT2D eigenvalue weighted by Crippen LogP contribution is -2.12. The molecule has 1 heterocycles. The van der Waals surface area contributed by atoms with E-state index in [0.29, 0.717) is 11.9 Å². The second-order valence-electron chi connectivity index (χ2n) is 2.94. The van der Waals surface area contributed by atoms with Crippen LogP contribution in [0.15, 0.2) is 48.4 Å². The summed E-state index contributed by atoms with van der Waals surface area (Å²) in [6, 6.07) is 9.21. The molecule has 70 valence electrons. The largest absolute Gasteiger partial charge is 0.320 e. The minimum atomic E-state index is -0.284. The zero-order chi connectivity index (χ0) is 9.97. The molecule has 1 aliphatic rings. The first-order valence-corrected chi connectivity index (χ1v) is 4.20. The fourth-order valence-electron chi connectivity index (χ4n) is 1.39. The number of allylic oxidation sites excluding steroid dienone is 1. The van der Waals surface area contributed by atoms with E-state index in [4.69, 9.17) is 0 Å². The van der Waals surface area contributed by atoms with Gasteiger partial charge in [-0.2, -0.15) is 0 Å². The molecule has 1 aromatic rings. The van der Waals surface area contributed by atoms with Gasteiger partial charge in [-0.25, -0.2) is 4.39 Å². The van der Waals surface area contributed by atoms with Gasteiger partial charge in [0.05, 0.1) is 5.70 Å². The first-order valence-electron chi connectivity index (χ1n) is 4.20. The van der Waals surface area contributed by atoms with Gasteiger partial charge in [0.1, 0.15) is 6.33 Å². The normalized spacial score (nSPS) is 18.2. The predicted molar refractivity (Wildman–Crippen MR) is 51.8 cm³/mol. The predicted octanol–water partition coefficient (Wildman–Crippen LogP) is 2.01. The second kappa shape index (κ2) is 3.46. The topological polar surface area (TPSA) is 29.1 Å². The van der Waals surface area contributed by atoms with Crippen molar-refractivity contribution in [2.45, 2.75) is 0 Å². The van der Waals surface area contributed by atoms with Crippen molar-refractivity contribution in [3.05, 3.63) is 54.0 Å². The van der Waals surface area contributed by atoms with Crippen LogP contribution in [0.2, 0.25) is 0 Å². The van der Waals surface area contributed by atoms with Crippen LogP contribution in [-0.2, 0) is 4.79 Å². The summed E-state index contributed by atoms with van der Waals surface area (Å²) in [6.45, 7) is 0. The minimum absolute atomic E-state index is 0.223. The number of carbonyl (C=O) groups excluding carboxylic acids is 1. The Morgan fingerprint density at radius 2 is 1.93 bits per heavy atom. The summed E-state index contributed by atoms with van der Waals surface area (Å²) >= 11 is 0. The number of hydrogen-bond donors (Lipinski definition) is 1. The Hall–Kier alpha value is -1.90. The molecule has 0 spiro atoms. The van der Waals surface area contributed by atoms with Gasteiger partial charge in [0.25, 0.3) is 0 Å². The molecule has 0 unspecified atom stereocenters. The highest BCUT2D eigenvalue weighted by molar-refractivity contribution is 6.06. The van der Waals surface area contributed by atoms with Gasteiger partial charge < -0.3 is 5.32 Å². The number of nitrogens with one attached hydrogen (secondary N) is 1. The van der Waals surface area contributed by atoms with Crippen molar-refractivity contribution in [3.63, 3.8) is 0 Å². The summed E-state index contributed by atoms with van der Waals surface area (Å²) in [7, 11) is 0. The van der Waals surface area contributed by atoms with E-state index in [0.717, 1.165) is 5.56 Å². The summed E-state index contributed by atoms with van der Waals surface area (Å²) in [4.78, 5) is 11.0. The van der Waals surface area contributed by atoms with Crippen LogP contribution in [0.3, 0.4) is 0 Å². The summed E-state index contributed by atoms with van der Waals surface area (Å²) in [5.74, 6) is -0.284. The third-order valence-electron chi connectivity index (χ3n) is 2.02. The summed E-state index contributed by atoms with van der Waals surface area (Å²) < 4.78 is 12.4. The maximum Gasteiger partial charge on any atom is 0.249 e. The molecule has 1 amide bonds. The quantitative estimate of drug-likeness (QED) is 0.719. The van der Waals surface area contributed by atoms with Crippen LogP contribution in [0.5, 0.6) is 0 Å². The van der Waals surface area contributed by atoms with Gasteiger partial charge in [-0.1, -0.05) is 30.3 Å². The Balaban J connectivity index is 2.44. The lowest BCUT2D eigenvalue weighted by Gasteiger charge is -2.02. The fourth-order valence-corrected chi connectivity index (χ4v) is 1.39. The molecule has 0 aromatic heterocycles. The smallest absolute Gasteiger partial charge is 0.249 e. The van der Waals surface area contributed by atoms with Crippen LogP contribution in [-0.4, -0.2) is 5.91 Å². The first kappa shape index (κ1) is 8.69. The minimum Gasteiger partial charge on any atom is -0.320 e. The van der Waals surface area contributed by atoms with E-state index in [2.05, 4.69) is 5.32 Å². The van der Waals surface area contributed by atoms with Gasteiger partial charge in [-0.3, -0.25) is 4.79 Å². The number of amides is 1. The maximum atomic E-state index is 12.4. The van der Waals surface area contributed by atoms with E-state index < -0.39 is 0 Å². The summed E-state index contributed by atoms with van der Waals surface area (Å²) in [5.41, 5.74) is 1.65. The molecule has 1 aliphatic heterocycles. The first-order chi connectivity index (χ1) is 6.81. The van der Waals surface area contributed by atoms with Gasteiger partial charge in [-0.05, 0) is 5.56 Å². The molecule has 0 saturated carbocycles. The van der Waals surface area contributed by atoms with E-state index in [1.807, 2.05) is 30.3 Å². The molecule has 1 N–H and O–H groups in total. The molecular weight excluding hydrogens is 181 g/mol. The van der Waals surface area contributed by atoms with E-state index in [1.165, 1.54) is 6.08 Å². The molecule has 0 fully saturated rings. The molecule has 0 radical (unpaired) electrons. The van der Waals surface area contributed by atoms with Crippen LogP contribution >= 0.6 is 0 Å². The number of rotatable bonds is 1. The maximum absolute atomic E-state index is 12.4. The molecule has 2 nitrogen and oxygen atoms in total. The molecule has 14 heavy (non-hydrogen) atoms. The zero-order valence-corrected chi connectivity index (χ0v) is 7.33. The number of benzene rings is 1. The van der Waals surface area contributed by atoms with E-state index >= 15 is 0 Å². The van der Waals surface area contributed by atoms with Crippen molar-refractivity contribution >= 4 is 11.5 Å². The van der Waals surface area contributed by atoms with Crippen LogP contribution in [0.4, 0.5) is 4.39 Å². The van der Waals surface area contributed by atoms with E-state index in [9.17, 15) is 9.18 Å². The fraction of sp³-hybridized carbons (Fsp3) is 0. The van der Waals surface area contributed by atoms with Gasteiger partial charge in [0.2, 0.25) is 5.91 Å². The number of carbonyl (C=O) groups is 1. The standard InChI is InChI=1S/C11H8FNO/c12-7-10-9(6-11(14)13-10)8-4-2-1-3-5-8/h1-7H,(H,13,14). The molecule has 0 aliphatic carbocycles. The monoisotopic (exact) mass is 189 g/mol. The summed E-state index contributed by atoms with van der Waals surface area (Å²) in [5, 5.41) is 2.41. The lowest BCUT2D eigenvalue weighted by atomic mass is 10.1. The highest BCUT2D eigenvalue weighted by atomic mass is 19.1. The van der Waals surface area contributed by atoms with Crippen molar-refractivity contribution < 1.29 is 9.18 Å². The molecular formula is C11H8FNO. The lowest BCUT2D eigenvalue weighted by molar-refractivity contribution is -0.115. The second-order valence-corrected chi connectivity index (χ2v) is 2.94. The Bertz CT molecular complexity index is 420. The Morgan fingerprint density at radius 1 is 1.21 bits per heavy atom. The van der Waals surface area contributed by atoms with Crippen molar-refractivity contribution in [1.82, 2.24) is 5.32 Å². The molecule has 0 saturated heterocycles. The Labute approximate surface area is 80.7 Å². The van der Waals surface area contributed by atoms with Crippen LogP contribution in [0, 0.1) is 0 Å². The van der Waals surface area contributed by atoms with Crippen molar-refractivity contribution in [3.8, 4) is 0 Å². The van der Waals surface area contributed by atoms with Crippen LogP contribution in [0.25, 0.3) is 5.57 Å². The molecule has 0 bridgehead atoms. The van der Waals surface area contributed by atoms with Crippen molar-refractivity contribution in [2.24, 2.45) is 0 Å². The average molecular weight is 189 g/mol. The van der Waals surface area contributed by atoms with E-state index in [1.54, 1.807) is 0 Å². The van der Waals surface area contributed by atoms with Gasteiger partial charge >= 0.3 is 0 Å². The molecule has 1 aromatic carbocycles. The van der Waals surface area contributed by atoms with Crippen LogP contribution in [0.1, 0.15) is 5.56 Å². The van der Waals surface area contributed by atoms with Crippen LogP contribution < -0.4 is 5.32 Å². The average Bonchev–Trinajstić information content (AvgIpc) is 2.61. The van der Waals surface area contributed by atoms with Gasteiger partial charge in [0.15, 0.2) is 0 Å². The number of halogens is 1. The summed E-state index contributed by atoms with van der Waals surface area (Å²) in [6.07, 6.45) is 1.80. The SMILES string of the molecule is O=C1C=C(c2ccccc2)C(=CF)N1. The molecule has 2 rings (SSSR count). The number of hydrogen-bond acceptors (Lipinski definition) is 1. The van der Waals surface area contributed by atoms with E-state index in [-0.39, 0.29) is 11.6 Å². The third-order valence-corrected chi connectivity index (χ3v) is 2.02. The highest BCUT2D eigenvalue weighted by Crippen LogP contribution is 2.24. The molecule has 0 atom stereocenters. The zero-order valence-electron chi connectivity index (χ0n) is 7.33. The van der Waals surface area contributed by atoms with Gasteiger partial charge in [-0.15, -0.1) is 0 Å². The van der Waals surface area contributed by atoms with Crippen molar-refractivity contribution in [2.75, 3.05) is 0 Å². The van der Waals surface area contributed by atoms with Crippen molar-refractivity contribution in [1.29, 1.82) is 0 Å². The van der Waals surface area contributed by atoms with Gasteiger partial charge in [0, 0.05) is 11.6 Å². The third kappa shape index (κ3) is 1.44. The highest BCUT2D eigenvalue weighted by Gasteiger charge is 2.18.